The van der Waals surface area contributed by atoms with Crippen molar-refractivity contribution >= 4 is 11.8 Å². The summed E-state index contributed by atoms with van der Waals surface area (Å²) >= 11 is 0. The SMILES string of the molecule is CCCCOC(=O)COc1ccc(C(C)=O)cc1. The zero-order chi connectivity index (χ0) is 13.4. The number of unbranched alkanes of at least 4 members (excludes halogenated alkanes) is 1. The van der Waals surface area contributed by atoms with Crippen LogP contribution in [0.2, 0.25) is 0 Å². The average Bonchev–Trinajstić information content (AvgIpc) is 2.37. The standard InChI is InChI=1S/C14H18O4/c1-3-4-9-17-14(16)10-18-13-7-5-12(6-8-13)11(2)15/h5-8H,3-4,9-10H2,1-2H3. The molecule has 0 amide bonds. The van der Waals surface area contributed by atoms with Crippen molar-refractivity contribution in [3.05, 3.63) is 29.8 Å². The molecule has 1 rings (SSSR count). The van der Waals surface area contributed by atoms with Crippen LogP contribution in [0, 0.1) is 0 Å². The summed E-state index contributed by atoms with van der Waals surface area (Å²) in [6.45, 7) is 3.85. The molecule has 1 aromatic carbocycles. The molecule has 0 N–H and O–H groups in total. The fraction of sp³-hybridized carbons (Fsp3) is 0.429. The first-order valence-corrected chi connectivity index (χ1v) is 6.03. The second kappa shape index (κ2) is 7.48. The molecule has 0 fully saturated rings. The highest BCUT2D eigenvalue weighted by Crippen LogP contribution is 2.12. The number of rotatable bonds is 7. The van der Waals surface area contributed by atoms with E-state index in [9.17, 15) is 9.59 Å². The first kappa shape index (κ1) is 14.2. The van der Waals surface area contributed by atoms with Gasteiger partial charge in [-0.3, -0.25) is 4.79 Å². The number of ether oxygens (including phenoxy) is 2. The minimum atomic E-state index is -0.376. The molecule has 0 aliphatic carbocycles. The van der Waals surface area contributed by atoms with Gasteiger partial charge in [-0.1, -0.05) is 13.3 Å². The van der Waals surface area contributed by atoms with Gasteiger partial charge in [0.1, 0.15) is 5.75 Å². The van der Waals surface area contributed by atoms with E-state index in [1.165, 1.54) is 6.92 Å². The third kappa shape index (κ3) is 4.99. The Morgan fingerprint density at radius 1 is 1.17 bits per heavy atom. The largest absolute Gasteiger partial charge is 0.482 e. The molecule has 0 atom stereocenters. The summed E-state index contributed by atoms with van der Waals surface area (Å²) in [5, 5.41) is 0. The van der Waals surface area contributed by atoms with Gasteiger partial charge < -0.3 is 9.47 Å². The molecule has 0 aliphatic rings. The van der Waals surface area contributed by atoms with Crippen LogP contribution in [0.25, 0.3) is 0 Å². The smallest absolute Gasteiger partial charge is 0.344 e. The van der Waals surface area contributed by atoms with E-state index in [-0.39, 0.29) is 18.4 Å². The van der Waals surface area contributed by atoms with Gasteiger partial charge in [-0.15, -0.1) is 0 Å². The summed E-state index contributed by atoms with van der Waals surface area (Å²) in [6, 6.07) is 6.66. The van der Waals surface area contributed by atoms with E-state index >= 15 is 0 Å². The minimum Gasteiger partial charge on any atom is -0.482 e. The van der Waals surface area contributed by atoms with E-state index in [1.54, 1.807) is 24.3 Å². The lowest BCUT2D eigenvalue weighted by Gasteiger charge is -2.06. The van der Waals surface area contributed by atoms with Gasteiger partial charge in [0.2, 0.25) is 0 Å². The third-order valence-electron chi connectivity index (χ3n) is 2.38. The van der Waals surface area contributed by atoms with Crippen LogP contribution in [0.1, 0.15) is 37.0 Å². The summed E-state index contributed by atoms with van der Waals surface area (Å²) in [4.78, 5) is 22.3. The summed E-state index contributed by atoms with van der Waals surface area (Å²) in [5.74, 6) is 0.173. The summed E-state index contributed by atoms with van der Waals surface area (Å²) < 4.78 is 10.2. The predicted octanol–water partition coefficient (Wildman–Crippen LogP) is 2.61. The Morgan fingerprint density at radius 2 is 1.83 bits per heavy atom. The van der Waals surface area contributed by atoms with Crippen molar-refractivity contribution in [1.29, 1.82) is 0 Å². The number of carbonyl (C=O) groups is 2. The van der Waals surface area contributed by atoms with Gasteiger partial charge in [0.15, 0.2) is 12.4 Å². The van der Waals surface area contributed by atoms with Crippen LogP contribution in [-0.4, -0.2) is 25.0 Å². The molecule has 0 aromatic heterocycles. The van der Waals surface area contributed by atoms with E-state index in [2.05, 4.69) is 0 Å². The Morgan fingerprint density at radius 3 is 2.39 bits per heavy atom. The molecular weight excluding hydrogens is 232 g/mol. The van der Waals surface area contributed by atoms with Gasteiger partial charge in [-0.2, -0.15) is 0 Å². The summed E-state index contributed by atoms with van der Waals surface area (Å²) in [5.41, 5.74) is 0.618. The Labute approximate surface area is 107 Å². The minimum absolute atomic E-state index is 0.000486. The van der Waals surface area contributed by atoms with Crippen LogP contribution >= 0.6 is 0 Å². The summed E-state index contributed by atoms with van der Waals surface area (Å²) in [6.07, 6.45) is 1.85. The number of carbonyl (C=O) groups excluding carboxylic acids is 2. The fourth-order valence-corrected chi connectivity index (χ4v) is 1.30. The molecule has 0 saturated heterocycles. The van der Waals surface area contributed by atoms with Crippen molar-refractivity contribution < 1.29 is 19.1 Å². The maximum atomic E-state index is 11.3. The number of hydrogen-bond acceptors (Lipinski definition) is 4. The third-order valence-corrected chi connectivity index (χ3v) is 2.38. The molecule has 4 heteroatoms. The molecule has 98 valence electrons. The highest BCUT2D eigenvalue weighted by molar-refractivity contribution is 5.94. The highest BCUT2D eigenvalue weighted by Gasteiger charge is 2.04. The molecule has 0 unspecified atom stereocenters. The van der Waals surface area contributed by atoms with Crippen molar-refractivity contribution in [2.24, 2.45) is 0 Å². The topological polar surface area (TPSA) is 52.6 Å². The van der Waals surface area contributed by atoms with Crippen LogP contribution in [0.4, 0.5) is 0 Å². The monoisotopic (exact) mass is 250 g/mol. The fourth-order valence-electron chi connectivity index (χ4n) is 1.30. The van der Waals surface area contributed by atoms with E-state index in [1.807, 2.05) is 6.92 Å². The predicted molar refractivity (Wildman–Crippen MR) is 67.8 cm³/mol. The lowest BCUT2D eigenvalue weighted by Crippen LogP contribution is -2.15. The van der Waals surface area contributed by atoms with Crippen LogP contribution in [0.3, 0.4) is 0 Å². The van der Waals surface area contributed by atoms with Crippen molar-refractivity contribution in [2.75, 3.05) is 13.2 Å². The van der Waals surface area contributed by atoms with Crippen LogP contribution in [-0.2, 0) is 9.53 Å². The normalized spacial score (nSPS) is 9.89. The molecule has 0 radical (unpaired) electrons. The maximum Gasteiger partial charge on any atom is 0.344 e. The first-order chi connectivity index (χ1) is 8.63. The number of ketones is 1. The highest BCUT2D eigenvalue weighted by atomic mass is 16.6. The molecule has 0 saturated carbocycles. The number of Topliss-reactive ketones (excluding diaryl/α,β-unsaturated/α-hetero) is 1. The molecule has 18 heavy (non-hydrogen) atoms. The molecule has 4 nitrogen and oxygen atoms in total. The molecule has 0 heterocycles. The number of benzene rings is 1. The second-order valence-electron chi connectivity index (χ2n) is 3.94. The van der Waals surface area contributed by atoms with Crippen molar-refractivity contribution in [1.82, 2.24) is 0 Å². The Kier molecular flexibility index (Phi) is 5.91. The van der Waals surface area contributed by atoms with E-state index in [0.29, 0.717) is 17.9 Å². The molecule has 0 bridgehead atoms. The van der Waals surface area contributed by atoms with E-state index in [4.69, 9.17) is 9.47 Å². The Balaban J connectivity index is 2.34. The van der Waals surface area contributed by atoms with Gasteiger partial charge in [0.25, 0.3) is 0 Å². The lowest BCUT2D eigenvalue weighted by molar-refractivity contribution is -0.146. The van der Waals surface area contributed by atoms with Crippen LogP contribution in [0.5, 0.6) is 5.75 Å². The van der Waals surface area contributed by atoms with Crippen molar-refractivity contribution in [3.8, 4) is 5.75 Å². The number of hydrogen-bond donors (Lipinski definition) is 0. The first-order valence-electron chi connectivity index (χ1n) is 6.03. The quantitative estimate of drug-likeness (QED) is 0.424. The number of esters is 1. The van der Waals surface area contributed by atoms with Crippen LogP contribution < -0.4 is 4.74 Å². The van der Waals surface area contributed by atoms with Gasteiger partial charge in [0, 0.05) is 5.56 Å². The van der Waals surface area contributed by atoms with Crippen molar-refractivity contribution in [3.63, 3.8) is 0 Å². The Bertz CT molecular complexity index is 395. The summed E-state index contributed by atoms with van der Waals surface area (Å²) in [7, 11) is 0. The van der Waals surface area contributed by atoms with Gasteiger partial charge in [0.05, 0.1) is 6.61 Å². The maximum absolute atomic E-state index is 11.3. The molecule has 0 aliphatic heterocycles. The lowest BCUT2D eigenvalue weighted by atomic mass is 10.1. The van der Waals surface area contributed by atoms with E-state index < -0.39 is 0 Å². The second-order valence-corrected chi connectivity index (χ2v) is 3.94. The average molecular weight is 250 g/mol. The Hall–Kier alpha value is -1.84. The molecule has 1 aromatic rings. The van der Waals surface area contributed by atoms with Gasteiger partial charge in [-0.05, 0) is 37.6 Å². The molecule has 0 spiro atoms. The van der Waals surface area contributed by atoms with Gasteiger partial charge in [-0.25, -0.2) is 4.79 Å². The zero-order valence-electron chi connectivity index (χ0n) is 10.8. The van der Waals surface area contributed by atoms with Crippen LogP contribution in [0.15, 0.2) is 24.3 Å². The van der Waals surface area contributed by atoms with E-state index in [0.717, 1.165) is 12.8 Å². The molecular formula is C14H18O4. The van der Waals surface area contributed by atoms with Crippen molar-refractivity contribution in [2.45, 2.75) is 26.7 Å². The zero-order valence-corrected chi connectivity index (χ0v) is 10.8. The van der Waals surface area contributed by atoms with Gasteiger partial charge >= 0.3 is 5.97 Å².